The molecular formula is C19H18N4O. The number of rotatable bonds is 2. The Bertz CT molecular complexity index is 1090. The van der Waals surface area contributed by atoms with E-state index in [2.05, 4.69) is 10.3 Å². The van der Waals surface area contributed by atoms with Gasteiger partial charge in [-0.15, -0.1) is 0 Å². The van der Waals surface area contributed by atoms with Crippen molar-refractivity contribution in [2.45, 2.75) is 6.92 Å². The van der Waals surface area contributed by atoms with Crippen molar-refractivity contribution in [2.75, 3.05) is 5.32 Å². The van der Waals surface area contributed by atoms with Gasteiger partial charge < -0.3 is 14.5 Å². The molecule has 0 bridgehead atoms. The summed E-state index contributed by atoms with van der Waals surface area (Å²) in [5, 5.41) is 4.04. The normalized spacial score (nSPS) is 11.3. The molecule has 120 valence electrons. The van der Waals surface area contributed by atoms with Crippen molar-refractivity contribution in [1.29, 1.82) is 0 Å². The fraction of sp³-hybridized carbons (Fsp3) is 0.158. The van der Waals surface area contributed by atoms with Gasteiger partial charge in [0.2, 0.25) is 0 Å². The second kappa shape index (κ2) is 5.23. The van der Waals surface area contributed by atoms with Crippen molar-refractivity contribution in [2.24, 2.45) is 14.1 Å². The number of fused-ring (bicyclic) bond motifs is 2. The summed E-state index contributed by atoms with van der Waals surface area (Å²) in [6.07, 6.45) is 1.96. The zero-order valence-corrected chi connectivity index (χ0v) is 13.9. The van der Waals surface area contributed by atoms with Gasteiger partial charge in [-0.05, 0) is 37.3 Å². The smallest absolute Gasteiger partial charge is 0.257 e. The number of nitrogens with one attached hydrogen (secondary N) is 1. The highest BCUT2D eigenvalue weighted by molar-refractivity contribution is 6.12. The van der Waals surface area contributed by atoms with Crippen molar-refractivity contribution in [3.8, 4) is 0 Å². The minimum Gasteiger partial charge on any atom is -0.350 e. The van der Waals surface area contributed by atoms with Crippen LogP contribution in [0.2, 0.25) is 0 Å². The van der Waals surface area contributed by atoms with Gasteiger partial charge >= 0.3 is 0 Å². The zero-order chi connectivity index (χ0) is 16.8. The van der Waals surface area contributed by atoms with Crippen molar-refractivity contribution >= 4 is 33.5 Å². The molecule has 4 rings (SSSR count). The predicted molar refractivity (Wildman–Crippen MR) is 96.3 cm³/mol. The first-order chi connectivity index (χ1) is 11.5. The summed E-state index contributed by atoms with van der Waals surface area (Å²) in [5.74, 6) is 0.830. The third-order valence-electron chi connectivity index (χ3n) is 4.50. The lowest BCUT2D eigenvalue weighted by molar-refractivity contribution is 0.102. The number of para-hydroxylation sites is 1. The summed E-state index contributed by atoms with van der Waals surface area (Å²) in [6, 6.07) is 13.6. The molecule has 0 aliphatic rings. The average Bonchev–Trinajstić information content (AvgIpc) is 3.08. The number of amides is 1. The third kappa shape index (κ3) is 2.17. The van der Waals surface area contributed by atoms with Crippen LogP contribution in [0.25, 0.3) is 21.9 Å². The molecule has 5 nitrogen and oxygen atoms in total. The van der Waals surface area contributed by atoms with E-state index in [-0.39, 0.29) is 5.91 Å². The van der Waals surface area contributed by atoms with E-state index in [1.807, 2.05) is 78.8 Å². The minimum atomic E-state index is -0.116. The largest absolute Gasteiger partial charge is 0.350 e. The van der Waals surface area contributed by atoms with Gasteiger partial charge in [-0.3, -0.25) is 4.79 Å². The lowest BCUT2D eigenvalue weighted by atomic mass is 10.1. The standard InChI is InChI=1S/C19H18N4O/c1-12-20-16-11-14(7-8-17(16)23(12)3)21-19(24)15-6-4-5-13-9-10-22(2)18(13)15/h4-11H,1-3H3,(H,21,24). The van der Waals surface area contributed by atoms with Crippen LogP contribution in [0.3, 0.4) is 0 Å². The second-order valence-corrected chi connectivity index (χ2v) is 6.05. The maximum Gasteiger partial charge on any atom is 0.257 e. The molecule has 0 aliphatic heterocycles. The van der Waals surface area contributed by atoms with Gasteiger partial charge in [0, 0.05) is 31.4 Å². The topological polar surface area (TPSA) is 51.9 Å². The number of hydrogen-bond donors (Lipinski definition) is 1. The average molecular weight is 318 g/mol. The Balaban J connectivity index is 1.72. The lowest BCUT2D eigenvalue weighted by Crippen LogP contribution is -2.13. The van der Waals surface area contributed by atoms with Gasteiger partial charge in [-0.2, -0.15) is 0 Å². The van der Waals surface area contributed by atoms with Crippen LogP contribution in [0.1, 0.15) is 16.2 Å². The molecule has 2 aromatic carbocycles. The van der Waals surface area contributed by atoms with Gasteiger partial charge in [0.05, 0.1) is 22.1 Å². The van der Waals surface area contributed by atoms with E-state index in [1.165, 1.54) is 0 Å². The maximum absolute atomic E-state index is 12.7. The van der Waals surface area contributed by atoms with Crippen LogP contribution in [0.5, 0.6) is 0 Å². The molecule has 24 heavy (non-hydrogen) atoms. The minimum absolute atomic E-state index is 0.116. The summed E-state index contributed by atoms with van der Waals surface area (Å²) in [4.78, 5) is 17.3. The summed E-state index contributed by atoms with van der Waals surface area (Å²) in [6.45, 7) is 1.97. The molecule has 0 unspecified atom stereocenters. The number of carbonyl (C=O) groups is 1. The summed E-state index contributed by atoms with van der Waals surface area (Å²) >= 11 is 0. The van der Waals surface area contributed by atoms with E-state index in [0.29, 0.717) is 5.56 Å². The number of aromatic nitrogens is 3. The number of anilines is 1. The lowest BCUT2D eigenvalue weighted by Gasteiger charge is -2.08. The molecule has 1 N–H and O–H groups in total. The van der Waals surface area contributed by atoms with Crippen LogP contribution in [-0.4, -0.2) is 20.0 Å². The Morgan fingerprint density at radius 1 is 1.12 bits per heavy atom. The molecule has 0 saturated heterocycles. The Hall–Kier alpha value is -3.08. The SMILES string of the molecule is Cc1nc2cc(NC(=O)c3cccc4ccn(C)c34)ccc2n1C. The number of benzene rings is 2. The van der Waals surface area contributed by atoms with Gasteiger partial charge in [0.25, 0.3) is 5.91 Å². The van der Waals surface area contributed by atoms with Crippen LogP contribution < -0.4 is 5.32 Å². The highest BCUT2D eigenvalue weighted by Gasteiger charge is 2.13. The number of nitrogens with zero attached hydrogens (tertiary/aromatic N) is 3. The van der Waals surface area contributed by atoms with E-state index in [9.17, 15) is 4.79 Å². The van der Waals surface area contributed by atoms with Gasteiger partial charge in [0.1, 0.15) is 5.82 Å². The molecule has 1 amide bonds. The second-order valence-electron chi connectivity index (χ2n) is 6.05. The van der Waals surface area contributed by atoms with E-state index < -0.39 is 0 Å². The highest BCUT2D eigenvalue weighted by Crippen LogP contribution is 2.23. The van der Waals surface area contributed by atoms with Crippen molar-refractivity contribution < 1.29 is 4.79 Å². The van der Waals surface area contributed by atoms with Crippen LogP contribution in [0.15, 0.2) is 48.7 Å². The van der Waals surface area contributed by atoms with Crippen molar-refractivity contribution in [3.63, 3.8) is 0 Å². The quantitative estimate of drug-likeness (QED) is 0.613. The molecule has 0 fully saturated rings. The molecule has 0 spiro atoms. The van der Waals surface area contributed by atoms with Crippen molar-refractivity contribution in [3.05, 3.63) is 60.0 Å². The zero-order valence-electron chi connectivity index (χ0n) is 13.9. The molecule has 5 heteroatoms. The molecule has 0 saturated carbocycles. The van der Waals surface area contributed by atoms with Crippen molar-refractivity contribution in [1.82, 2.24) is 14.1 Å². The Morgan fingerprint density at radius 2 is 1.96 bits per heavy atom. The van der Waals surface area contributed by atoms with Crippen LogP contribution in [-0.2, 0) is 14.1 Å². The fourth-order valence-electron chi connectivity index (χ4n) is 3.14. The first kappa shape index (κ1) is 14.5. The summed E-state index contributed by atoms with van der Waals surface area (Å²) in [5.41, 5.74) is 4.28. The Kier molecular flexibility index (Phi) is 3.16. The summed E-state index contributed by atoms with van der Waals surface area (Å²) < 4.78 is 4.00. The Morgan fingerprint density at radius 3 is 2.79 bits per heavy atom. The highest BCUT2D eigenvalue weighted by atomic mass is 16.1. The first-order valence-electron chi connectivity index (χ1n) is 7.83. The van der Waals surface area contributed by atoms with Gasteiger partial charge in [-0.1, -0.05) is 12.1 Å². The predicted octanol–water partition coefficient (Wildman–Crippen LogP) is 3.63. The number of hydrogen-bond acceptors (Lipinski definition) is 2. The molecule has 2 heterocycles. The molecule has 0 aliphatic carbocycles. The van der Waals surface area contributed by atoms with Gasteiger partial charge in [0.15, 0.2) is 0 Å². The Labute approximate surface area is 139 Å². The van der Waals surface area contributed by atoms with E-state index in [1.54, 1.807) is 0 Å². The molecule has 0 radical (unpaired) electrons. The fourth-order valence-corrected chi connectivity index (χ4v) is 3.14. The molecule has 0 atom stereocenters. The summed E-state index contributed by atoms with van der Waals surface area (Å²) in [7, 11) is 3.93. The van der Waals surface area contributed by atoms with E-state index in [4.69, 9.17) is 0 Å². The monoisotopic (exact) mass is 318 g/mol. The maximum atomic E-state index is 12.7. The van der Waals surface area contributed by atoms with E-state index >= 15 is 0 Å². The third-order valence-corrected chi connectivity index (χ3v) is 4.50. The first-order valence-corrected chi connectivity index (χ1v) is 7.83. The van der Waals surface area contributed by atoms with Crippen LogP contribution in [0, 0.1) is 6.92 Å². The molecule has 2 aromatic heterocycles. The molecular weight excluding hydrogens is 300 g/mol. The van der Waals surface area contributed by atoms with E-state index in [0.717, 1.165) is 33.4 Å². The van der Waals surface area contributed by atoms with Crippen LogP contribution >= 0.6 is 0 Å². The van der Waals surface area contributed by atoms with Crippen LogP contribution in [0.4, 0.5) is 5.69 Å². The number of imidazole rings is 1. The number of carbonyl (C=O) groups excluding carboxylic acids is 1. The number of aryl methyl sites for hydroxylation is 3. The molecule has 4 aromatic rings. The van der Waals surface area contributed by atoms with Gasteiger partial charge in [-0.25, -0.2) is 4.98 Å².